The number of fused-ring (bicyclic) bond motifs is 1. The predicted molar refractivity (Wildman–Crippen MR) is 79.3 cm³/mol. The number of hydrogen-bond acceptors (Lipinski definition) is 4. The number of furan rings is 1. The maximum atomic E-state index is 12.0. The maximum absolute atomic E-state index is 12.0. The van der Waals surface area contributed by atoms with E-state index in [0.29, 0.717) is 0 Å². The van der Waals surface area contributed by atoms with Crippen molar-refractivity contribution in [1.29, 1.82) is 0 Å². The van der Waals surface area contributed by atoms with Crippen LogP contribution in [0.2, 0.25) is 0 Å². The molecule has 1 amide bonds. The summed E-state index contributed by atoms with van der Waals surface area (Å²) in [6.07, 6.45) is 4.36. The van der Waals surface area contributed by atoms with Gasteiger partial charge in [-0.15, -0.1) is 0 Å². The fourth-order valence-corrected chi connectivity index (χ4v) is 2.74. The van der Waals surface area contributed by atoms with Crippen molar-refractivity contribution in [3.8, 4) is 0 Å². The molecule has 0 spiro atoms. The summed E-state index contributed by atoms with van der Waals surface area (Å²) < 4.78 is 9.85. The van der Waals surface area contributed by atoms with Gasteiger partial charge in [0.2, 0.25) is 5.76 Å². The molecule has 0 aliphatic heterocycles. The Morgan fingerprint density at radius 1 is 1.23 bits per heavy atom. The first kappa shape index (κ1) is 14.4. The summed E-state index contributed by atoms with van der Waals surface area (Å²) in [4.78, 5) is 23.6. The number of hydrogen-bond donors (Lipinski definition) is 1. The largest absolute Gasteiger partial charge is 0.457 e. The Kier molecular flexibility index (Phi) is 4.23. The second kappa shape index (κ2) is 6.47. The quantitative estimate of drug-likeness (QED) is 0.881. The standard InChI is InChI=1S/C17H17NO4/c19-16(11-22-17(20)15-9-4-10-21-15)18-14-8-3-6-12-5-1-2-7-13(12)14/h1-2,4-5,7,9-10,14H,3,6,8,11H2,(H,18,19)/t14-/m1/s1. The van der Waals surface area contributed by atoms with Gasteiger partial charge in [0.15, 0.2) is 6.61 Å². The molecule has 0 saturated carbocycles. The van der Waals surface area contributed by atoms with Crippen LogP contribution < -0.4 is 5.32 Å². The summed E-state index contributed by atoms with van der Waals surface area (Å²) in [6.45, 7) is -0.307. The smallest absolute Gasteiger partial charge is 0.374 e. The minimum absolute atomic E-state index is 0.0141. The van der Waals surface area contributed by atoms with Gasteiger partial charge in [-0.05, 0) is 42.5 Å². The zero-order valence-electron chi connectivity index (χ0n) is 12.1. The molecule has 5 nitrogen and oxygen atoms in total. The molecule has 1 aliphatic carbocycles. The number of carbonyl (C=O) groups is 2. The van der Waals surface area contributed by atoms with Crippen LogP contribution in [-0.2, 0) is 16.0 Å². The van der Waals surface area contributed by atoms with E-state index in [1.165, 1.54) is 17.9 Å². The lowest BCUT2D eigenvalue weighted by Gasteiger charge is -2.26. The average Bonchev–Trinajstić information content (AvgIpc) is 3.07. The van der Waals surface area contributed by atoms with Crippen molar-refractivity contribution in [2.24, 2.45) is 0 Å². The third kappa shape index (κ3) is 3.19. The summed E-state index contributed by atoms with van der Waals surface area (Å²) >= 11 is 0. The van der Waals surface area contributed by atoms with Gasteiger partial charge in [0.1, 0.15) is 0 Å². The minimum atomic E-state index is -0.635. The van der Waals surface area contributed by atoms with Crippen LogP contribution in [-0.4, -0.2) is 18.5 Å². The highest BCUT2D eigenvalue weighted by atomic mass is 16.5. The molecular formula is C17H17NO4. The van der Waals surface area contributed by atoms with Crippen molar-refractivity contribution in [3.05, 3.63) is 59.5 Å². The van der Waals surface area contributed by atoms with Crippen molar-refractivity contribution in [3.63, 3.8) is 0 Å². The molecule has 0 saturated heterocycles. The Hall–Kier alpha value is -2.56. The van der Waals surface area contributed by atoms with E-state index in [1.54, 1.807) is 6.07 Å². The van der Waals surface area contributed by atoms with Gasteiger partial charge in [0.25, 0.3) is 5.91 Å². The highest BCUT2D eigenvalue weighted by molar-refractivity contribution is 5.88. The maximum Gasteiger partial charge on any atom is 0.374 e. The van der Waals surface area contributed by atoms with Gasteiger partial charge in [0.05, 0.1) is 12.3 Å². The average molecular weight is 299 g/mol. The van der Waals surface area contributed by atoms with E-state index in [4.69, 9.17) is 9.15 Å². The number of ether oxygens (including phenoxy) is 1. The van der Waals surface area contributed by atoms with Crippen LogP contribution >= 0.6 is 0 Å². The molecule has 1 aromatic heterocycles. The summed E-state index contributed by atoms with van der Waals surface area (Å²) in [5.41, 5.74) is 2.42. The lowest BCUT2D eigenvalue weighted by Crippen LogP contribution is -2.34. The van der Waals surface area contributed by atoms with Crippen molar-refractivity contribution >= 4 is 11.9 Å². The topological polar surface area (TPSA) is 68.5 Å². The van der Waals surface area contributed by atoms with Crippen LogP contribution in [0.1, 0.15) is 40.6 Å². The second-order valence-electron chi connectivity index (χ2n) is 5.26. The molecule has 5 heteroatoms. The lowest BCUT2D eigenvalue weighted by molar-refractivity contribution is -0.125. The summed E-state index contributed by atoms with van der Waals surface area (Å²) in [5.74, 6) is -0.846. The Bertz CT molecular complexity index is 663. The molecule has 0 fully saturated rings. The van der Waals surface area contributed by atoms with E-state index in [-0.39, 0.29) is 24.3 Å². The van der Waals surface area contributed by atoms with Gasteiger partial charge < -0.3 is 14.5 Å². The molecule has 0 radical (unpaired) electrons. The fourth-order valence-electron chi connectivity index (χ4n) is 2.74. The number of nitrogens with one attached hydrogen (secondary N) is 1. The van der Waals surface area contributed by atoms with Gasteiger partial charge in [0, 0.05) is 0 Å². The first-order valence-corrected chi connectivity index (χ1v) is 7.32. The summed E-state index contributed by atoms with van der Waals surface area (Å²) in [5, 5.41) is 2.93. The third-order valence-electron chi connectivity index (χ3n) is 3.76. The van der Waals surface area contributed by atoms with E-state index in [0.717, 1.165) is 24.8 Å². The SMILES string of the molecule is O=C(COC(=O)c1ccco1)N[C@@H]1CCCc2ccccc21. The van der Waals surface area contributed by atoms with Crippen molar-refractivity contribution < 1.29 is 18.7 Å². The molecule has 1 aliphatic rings. The Morgan fingerprint density at radius 2 is 2.09 bits per heavy atom. The van der Waals surface area contributed by atoms with E-state index < -0.39 is 5.97 Å². The Morgan fingerprint density at radius 3 is 2.91 bits per heavy atom. The molecule has 1 N–H and O–H groups in total. The van der Waals surface area contributed by atoms with Crippen LogP contribution in [0.25, 0.3) is 0 Å². The first-order chi connectivity index (χ1) is 10.7. The van der Waals surface area contributed by atoms with Crippen LogP contribution in [0.3, 0.4) is 0 Å². The van der Waals surface area contributed by atoms with Crippen molar-refractivity contribution in [2.45, 2.75) is 25.3 Å². The van der Waals surface area contributed by atoms with Crippen LogP contribution in [0, 0.1) is 0 Å². The van der Waals surface area contributed by atoms with E-state index in [1.807, 2.05) is 18.2 Å². The van der Waals surface area contributed by atoms with Crippen LogP contribution in [0.5, 0.6) is 0 Å². The molecule has 3 rings (SSSR count). The number of amides is 1. The monoisotopic (exact) mass is 299 g/mol. The molecule has 0 unspecified atom stereocenters. The van der Waals surface area contributed by atoms with Crippen LogP contribution in [0.4, 0.5) is 0 Å². The van der Waals surface area contributed by atoms with Gasteiger partial charge in [-0.2, -0.15) is 0 Å². The lowest BCUT2D eigenvalue weighted by atomic mass is 9.88. The number of carbonyl (C=O) groups excluding carboxylic acids is 2. The predicted octanol–water partition coefficient (Wildman–Crippen LogP) is 2.63. The molecule has 22 heavy (non-hydrogen) atoms. The van der Waals surface area contributed by atoms with Gasteiger partial charge in [-0.1, -0.05) is 24.3 Å². The van der Waals surface area contributed by atoms with E-state index in [9.17, 15) is 9.59 Å². The third-order valence-corrected chi connectivity index (χ3v) is 3.76. The number of aryl methyl sites for hydroxylation is 1. The normalized spacial score (nSPS) is 16.6. The zero-order chi connectivity index (χ0) is 15.4. The molecule has 1 heterocycles. The molecule has 0 bridgehead atoms. The van der Waals surface area contributed by atoms with Crippen molar-refractivity contribution in [1.82, 2.24) is 5.32 Å². The number of rotatable bonds is 4. The van der Waals surface area contributed by atoms with E-state index in [2.05, 4.69) is 11.4 Å². The molecule has 114 valence electrons. The highest BCUT2D eigenvalue weighted by Crippen LogP contribution is 2.29. The minimum Gasteiger partial charge on any atom is -0.457 e. The van der Waals surface area contributed by atoms with Gasteiger partial charge in [-0.25, -0.2) is 4.79 Å². The first-order valence-electron chi connectivity index (χ1n) is 7.32. The van der Waals surface area contributed by atoms with Gasteiger partial charge in [-0.3, -0.25) is 4.79 Å². The van der Waals surface area contributed by atoms with Crippen molar-refractivity contribution in [2.75, 3.05) is 6.61 Å². The second-order valence-corrected chi connectivity index (χ2v) is 5.26. The molecular weight excluding hydrogens is 282 g/mol. The molecule has 1 aromatic carbocycles. The van der Waals surface area contributed by atoms with Gasteiger partial charge >= 0.3 is 5.97 Å². The summed E-state index contributed by atoms with van der Waals surface area (Å²) in [6, 6.07) is 11.2. The van der Waals surface area contributed by atoms with Crippen LogP contribution in [0.15, 0.2) is 47.1 Å². The fraction of sp³-hybridized carbons (Fsp3) is 0.294. The Labute approximate surface area is 128 Å². The number of benzene rings is 1. The number of esters is 1. The summed E-state index contributed by atoms with van der Waals surface area (Å²) in [7, 11) is 0. The highest BCUT2D eigenvalue weighted by Gasteiger charge is 2.22. The van der Waals surface area contributed by atoms with E-state index >= 15 is 0 Å². The molecule has 2 aromatic rings. The zero-order valence-corrected chi connectivity index (χ0v) is 12.1. The Balaban J connectivity index is 1.55. The molecule has 1 atom stereocenters.